The van der Waals surface area contributed by atoms with Crippen molar-refractivity contribution in [2.45, 2.75) is 69.6 Å². The van der Waals surface area contributed by atoms with Crippen molar-refractivity contribution >= 4 is 18.6 Å². The van der Waals surface area contributed by atoms with E-state index in [1.54, 1.807) is 12.1 Å². The van der Waals surface area contributed by atoms with Crippen LogP contribution in [0.3, 0.4) is 0 Å². The summed E-state index contributed by atoms with van der Waals surface area (Å²) < 4.78 is 5.48. The molecule has 0 aliphatic heterocycles. The van der Waals surface area contributed by atoms with Crippen LogP contribution in [0.25, 0.3) is 0 Å². The first-order valence-electron chi connectivity index (χ1n) is 8.69. The zero-order chi connectivity index (χ0) is 15.8. The molecule has 2 nitrogen and oxygen atoms in total. The van der Waals surface area contributed by atoms with Gasteiger partial charge in [0.05, 0.1) is 5.92 Å². The molecule has 3 heteroatoms. The molecule has 1 saturated carbocycles. The van der Waals surface area contributed by atoms with Crippen LogP contribution in [0.5, 0.6) is 5.75 Å². The summed E-state index contributed by atoms with van der Waals surface area (Å²) in [6, 6.07) is 7.30. The maximum Gasteiger partial charge on any atom is 0.314 e. The lowest BCUT2D eigenvalue weighted by Gasteiger charge is -2.27. The number of unbranched alkanes of at least 4 members (excludes halogenated alkanes) is 3. The summed E-state index contributed by atoms with van der Waals surface area (Å²) in [4.78, 5) is 13.1. The zero-order valence-electron chi connectivity index (χ0n) is 13.6. The topological polar surface area (TPSA) is 26.3 Å². The Morgan fingerprint density at radius 3 is 2.41 bits per heavy atom. The van der Waals surface area contributed by atoms with Crippen LogP contribution < -0.4 is 4.74 Å². The van der Waals surface area contributed by atoms with Crippen LogP contribution in [0.4, 0.5) is 0 Å². The molecule has 1 aromatic rings. The average molecular weight is 320 g/mol. The third kappa shape index (κ3) is 5.68. The van der Waals surface area contributed by atoms with Crippen molar-refractivity contribution in [3.05, 3.63) is 24.3 Å². The first kappa shape index (κ1) is 17.4. The van der Waals surface area contributed by atoms with Gasteiger partial charge in [-0.1, -0.05) is 39.0 Å². The average Bonchev–Trinajstić information content (AvgIpc) is 2.54. The van der Waals surface area contributed by atoms with Gasteiger partial charge in [0.15, 0.2) is 0 Å². The predicted molar refractivity (Wildman–Crippen MR) is 93.5 cm³/mol. The number of esters is 1. The third-order valence-electron chi connectivity index (χ3n) is 4.70. The molecule has 0 bridgehead atoms. The fourth-order valence-electron chi connectivity index (χ4n) is 3.26. The molecular weight excluding hydrogens is 292 g/mol. The molecule has 0 radical (unpaired) electrons. The highest BCUT2D eigenvalue weighted by atomic mass is 32.1. The maximum atomic E-state index is 12.2. The summed E-state index contributed by atoms with van der Waals surface area (Å²) >= 11 is 4.23. The van der Waals surface area contributed by atoms with E-state index in [-0.39, 0.29) is 11.9 Å². The standard InChI is InChI=1S/C19H28O2S/c1-2-3-4-5-6-15-7-9-16(10-8-15)19(20)21-17-11-13-18(22)14-12-17/h11-16,22H,2-10H2,1H3. The van der Waals surface area contributed by atoms with Crippen molar-refractivity contribution in [2.75, 3.05) is 0 Å². The van der Waals surface area contributed by atoms with Gasteiger partial charge < -0.3 is 4.74 Å². The Balaban J connectivity index is 1.69. The molecule has 22 heavy (non-hydrogen) atoms. The van der Waals surface area contributed by atoms with E-state index in [9.17, 15) is 4.79 Å². The molecule has 1 aliphatic rings. The van der Waals surface area contributed by atoms with E-state index in [2.05, 4.69) is 19.6 Å². The van der Waals surface area contributed by atoms with Crippen LogP contribution in [0.15, 0.2) is 29.2 Å². The second-order valence-electron chi connectivity index (χ2n) is 6.48. The van der Waals surface area contributed by atoms with Gasteiger partial charge in [0.1, 0.15) is 5.75 Å². The van der Waals surface area contributed by atoms with Gasteiger partial charge in [-0.15, -0.1) is 12.6 Å². The number of rotatable bonds is 7. The van der Waals surface area contributed by atoms with E-state index in [1.807, 2.05) is 12.1 Å². The molecule has 1 aliphatic carbocycles. The lowest BCUT2D eigenvalue weighted by molar-refractivity contribution is -0.140. The Morgan fingerprint density at radius 2 is 1.77 bits per heavy atom. The van der Waals surface area contributed by atoms with E-state index in [4.69, 9.17) is 4.74 Å². The minimum atomic E-state index is -0.0589. The number of benzene rings is 1. The highest BCUT2D eigenvalue weighted by Crippen LogP contribution is 2.33. The number of hydrogen-bond donors (Lipinski definition) is 1. The highest BCUT2D eigenvalue weighted by Gasteiger charge is 2.27. The first-order chi connectivity index (χ1) is 10.7. The predicted octanol–water partition coefficient (Wildman–Crippen LogP) is 5.66. The quantitative estimate of drug-likeness (QED) is 0.304. The smallest absolute Gasteiger partial charge is 0.314 e. The SMILES string of the molecule is CCCCCCC1CCC(C(=O)Oc2ccc(S)cc2)CC1. The van der Waals surface area contributed by atoms with E-state index in [0.29, 0.717) is 5.75 Å². The fourth-order valence-corrected chi connectivity index (χ4v) is 3.41. The van der Waals surface area contributed by atoms with Crippen molar-refractivity contribution < 1.29 is 9.53 Å². The number of carbonyl (C=O) groups excluding carboxylic acids is 1. The third-order valence-corrected chi connectivity index (χ3v) is 5.00. The molecule has 0 saturated heterocycles. The van der Waals surface area contributed by atoms with Gasteiger partial charge in [0.25, 0.3) is 0 Å². The molecule has 0 atom stereocenters. The highest BCUT2D eigenvalue weighted by molar-refractivity contribution is 7.80. The van der Waals surface area contributed by atoms with E-state index in [1.165, 1.54) is 44.9 Å². The van der Waals surface area contributed by atoms with Gasteiger partial charge in [-0.2, -0.15) is 0 Å². The number of ether oxygens (including phenoxy) is 1. The zero-order valence-corrected chi connectivity index (χ0v) is 14.5. The molecule has 2 rings (SSSR count). The van der Waals surface area contributed by atoms with Crippen molar-refractivity contribution in [3.63, 3.8) is 0 Å². The van der Waals surface area contributed by atoms with Gasteiger partial charge in [0, 0.05) is 4.90 Å². The van der Waals surface area contributed by atoms with Gasteiger partial charge in [-0.3, -0.25) is 4.79 Å². The second-order valence-corrected chi connectivity index (χ2v) is 7.00. The Hall–Kier alpha value is -0.960. The molecular formula is C19H28O2S. The number of thiol groups is 1. The molecule has 0 N–H and O–H groups in total. The maximum absolute atomic E-state index is 12.2. The lowest BCUT2D eigenvalue weighted by atomic mass is 9.80. The van der Waals surface area contributed by atoms with Crippen LogP contribution in [0, 0.1) is 11.8 Å². The number of hydrogen-bond acceptors (Lipinski definition) is 3. The van der Waals surface area contributed by atoms with Crippen molar-refractivity contribution in [1.29, 1.82) is 0 Å². The van der Waals surface area contributed by atoms with E-state index >= 15 is 0 Å². The summed E-state index contributed by atoms with van der Waals surface area (Å²) in [5, 5.41) is 0. The van der Waals surface area contributed by atoms with Gasteiger partial charge >= 0.3 is 5.97 Å². The number of carbonyl (C=O) groups is 1. The summed E-state index contributed by atoms with van der Waals surface area (Å²) in [6.45, 7) is 2.25. The Bertz CT molecular complexity index is 447. The molecule has 1 aromatic carbocycles. The molecule has 1 fully saturated rings. The first-order valence-corrected chi connectivity index (χ1v) is 9.14. The van der Waals surface area contributed by atoms with Gasteiger partial charge in [0.2, 0.25) is 0 Å². The normalized spacial score (nSPS) is 21.5. The Morgan fingerprint density at radius 1 is 1.09 bits per heavy atom. The van der Waals surface area contributed by atoms with E-state index < -0.39 is 0 Å². The second kappa shape index (κ2) is 9.24. The summed E-state index contributed by atoms with van der Waals surface area (Å²) in [5.74, 6) is 1.48. The van der Waals surface area contributed by atoms with Crippen LogP contribution >= 0.6 is 12.6 Å². The van der Waals surface area contributed by atoms with E-state index in [0.717, 1.165) is 23.7 Å². The van der Waals surface area contributed by atoms with Crippen molar-refractivity contribution in [3.8, 4) is 5.75 Å². The molecule has 0 heterocycles. The van der Waals surface area contributed by atoms with Crippen LogP contribution in [0.1, 0.15) is 64.7 Å². The van der Waals surface area contributed by atoms with Gasteiger partial charge in [-0.05, 0) is 55.9 Å². The molecule has 0 amide bonds. The minimum absolute atomic E-state index is 0.0589. The molecule has 0 unspecified atom stereocenters. The van der Waals surface area contributed by atoms with Crippen LogP contribution in [-0.4, -0.2) is 5.97 Å². The van der Waals surface area contributed by atoms with Gasteiger partial charge in [-0.25, -0.2) is 0 Å². The van der Waals surface area contributed by atoms with Crippen molar-refractivity contribution in [2.24, 2.45) is 11.8 Å². The lowest BCUT2D eigenvalue weighted by Crippen LogP contribution is -2.25. The molecule has 0 spiro atoms. The fraction of sp³-hybridized carbons (Fsp3) is 0.632. The van der Waals surface area contributed by atoms with Crippen LogP contribution in [0.2, 0.25) is 0 Å². The van der Waals surface area contributed by atoms with Crippen LogP contribution in [-0.2, 0) is 4.79 Å². The molecule has 0 aromatic heterocycles. The summed E-state index contributed by atoms with van der Waals surface area (Å²) in [6.07, 6.45) is 11.0. The monoisotopic (exact) mass is 320 g/mol. The Kier molecular flexibility index (Phi) is 7.31. The summed E-state index contributed by atoms with van der Waals surface area (Å²) in [7, 11) is 0. The summed E-state index contributed by atoms with van der Waals surface area (Å²) in [5.41, 5.74) is 0. The van der Waals surface area contributed by atoms with Crippen molar-refractivity contribution in [1.82, 2.24) is 0 Å². The molecule has 122 valence electrons. The largest absolute Gasteiger partial charge is 0.426 e. The Labute approximate surface area is 140 Å². The minimum Gasteiger partial charge on any atom is -0.426 e.